The van der Waals surface area contributed by atoms with E-state index in [-0.39, 0.29) is 25.6 Å². The van der Waals surface area contributed by atoms with Gasteiger partial charge >= 0.3 is 0 Å². The molecule has 2 atom stereocenters. The van der Waals surface area contributed by atoms with Crippen LogP contribution in [-0.2, 0) is 18.3 Å². The standard InChI is InChI=1S/C23H35N2O7P/c1-17(26)19-12-18-8-9-20(24(2)3)14-22(18)23(13-19)30-15-21(29-7)16-32-33(27,28)31-11-10-25(4,5)6/h8-9,12-14,21H,10-11,15-16H2,1-7H3. The van der Waals surface area contributed by atoms with Crippen molar-refractivity contribution < 1.29 is 37.3 Å². The van der Waals surface area contributed by atoms with Gasteiger partial charge < -0.3 is 32.8 Å². The number of quaternary nitrogens is 1. The number of phosphoric acid groups is 1. The Morgan fingerprint density at radius 3 is 2.39 bits per heavy atom. The van der Waals surface area contributed by atoms with E-state index in [0.29, 0.717) is 22.3 Å². The summed E-state index contributed by atoms with van der Waals surface area (Å²) in [5, 5.41) is 1.70. The molecule has 0 heterocycles. The van der Waals surface area contributed by atoms with E-state index in [4.69, 9.17) is 18.5 Å². The molecule has 2 aromatic carbocycles. The minimum Gasteiger partial charge on any atom is -0.756 e. The van der Waals surface area contributed by atoms with E-state index in [1.807, 2.05) is 64.4 Å². The lowest BCUT2D eigenvalue weighted by molar-refractivity contribution is -0.870. The van der Waals surface area contributed by atoms with Crippen molar-refractivity contribution in [2.75, 3.05) is 73.6 Å². The second kappa shape index (κ2) is 11.4. The minimum atomic E-state index is -4.46. The molecule has 0 aliphatic carbocycles. The van der Waals surface area contributed by atoms with Gasteiger partial charge in [0.1, 0.15) is 31.6 Å². The first-order valence-electron chi connectivity index (χ1n) is 10.6. The van der Waals surface area contributed by atoms with Gasteiger partial charge in [0.05, 0.1) is 27.7 Å². The molecule has 0 saturated heterocycles. The number of benzene rings is 2. The lowest BCUT2D eigenvalue weighted by Crippen LogP contribution is -2.37. The maximum atomic E-state index is 12.0. The van der Waals surface area contributed by atoms with Crippen LogP contribution >= 0.6 is 7.82 Å². The maximum absolute atomic E-state index is 12.0. The van der Waals surface area contributed by atoms with Gasteiger partial charge in [-0.25, -0.2) is 0 Å². The van der Waals surface area contributed by atoms with Crippen LogP contribution in [-0.4, -0.2) is 85.1 Å². The highest BCUT2D eigenvalue weighted by molar-refractivity contribution is 7.45. The molecule has 0 aromatic heterocycles. The zero-order valence-electron chi connectivity index (χ0n) is 20.5. The summed E-state index contributed by atoms with van der Waals surface area (Å²) in [6.07, 6.45) is -0.665. The summed E-state index contributed by atoms with van der Waals surface area (Å²) in [6, 6.07) is 9.38. The number of hydrogen-bond acceptors (Lipinski definition) is 8. The average molecular weight is 483 g/mol. The number of Topliss-reactive ketones (excluding diaryl/α,β-unsaturated/α-hetero) is 1. The second-order valence-electron chi connectivity index (χ2n) is 9.09. The van der Waals surface area contributed by atoms with Gasteiger partial charge in [-0.2, -0.15) is 0 Å². The SMILES string of the molecule is COC(COc1cc(C(C)=O)cc2ccc(N(C)C)cc12)COP(=O)([O-])OCC[N+](C)(C)C. The van der Waals surface area contributed by atoms with Crippen molar-refractivity contribution >= 4 is 30.1 Å². The fraction of sp³-hybridized carbons (Fsp3) is 0.522. The molecule has 33 heavy (non-hydrogen) atoms. The van der Waals surface area contributed by atoms with Gasteiger partial charge in [-0.15, -0.1) is 0 Å². The first kappa shape index (κ1) is 27.2. The zero-order valence-corrected chi connectivity index (χ0v) is 21.4. The molecule has 0 fully saturated rings. The number of carbonyl (C=O) groups excluding carboxylic acids is 1. The number of rotatable bonds is 13. The lowest BCUT2D eigenvalue weighted by atomic mass is 10.0. The number of carbonyl (C=O) groups is 1. The number of ketones is 1. The van der Waals surface area contributed by atoms with Crippen LogP contribution in [0, 0.1) is 0 Å². The van der Waals surface area contributed by atoms with Crippen LogP contribution < -0.4 is 14.5 Å². The van der Waals surface area contributed by atoms with Crippen molar-refractivity contribution in [3.63, 3.8) is 0 Å². The van der Waals surface area contributed by atoms with Crippen molar-refractivity contribution in [2.45, 2.75) is 13.0 Å². The topological polar surface area (TPSA) is 97.4 Å². The van der Waals surface area contributed by atoms with Crippen LogP contribution in [0.3, 0.4) is 0 Å². The molecule has 0 aliphatic rings. The minimum absolute atomic E-state index is 0.0243. The van der Waals surface area contributed by atoms with Gasteiger partial charge in [0, 0.05) is 37.8 Å². The van der Waals surface area contributed by atoms with Crippen LogP contribution in [0.25, 0.3) is 10.8 Å². The van der Waals surface area contributed by atoms with Crippen molar-refractivity contribution in [3.8, 4) is 5.75 Å². The van der Waals surface area contributed by atoms with Crippen LogP contribution in [0.4, 0.5) is 5.69 Å². The molecule has 0 N–H and O–H groups in total. The Kier molecular flexibility index (Phi) is 9.43. The summed E-state index contributed by atoms with van der Waals surface area (Å²) in [6.45, 7) is 1.81. The summed E-state index contributed by atoms with van der Waals surface area (Å²) in [4.78, 5) is 26.0. The first-order valence-corrected chi connectivity index (χ1v) is 12.1. The number of ether oxygens (including phenoxy) is 2. The average Bonchev–Trinajstić information content (AvgIpc) is 2.71. The van der Waals surface area contributed by atoms with Crippen LogP contribution in [0.15, 0.2) is 30.3 Å². The predicted octanol–water partition coefficient (Wildman–Crippen LogP) is 2.71. The van der Waals surface area contributed by atoms with Gasteiger partial charge in [0.15, 0.2) is 5.78 Å². The Balaban J connectivity index is 2.10. The quantitative estimate of drug-likeness (QED) is 0.244. The summed E-state index contributed by atoms with van der Waals surface area (Å²) in [5.41, 5.74) is 1.50. The van der Waals surface area contributed by atoms with E-state index in [1.54, 1.807) is 6.07 Å². The van der Waals surface area contributed by atoms with Crippen molar-refractivity contribution in [1.82, 2.24) is 0 Å². The van der Waals surface area contributed by atoms with E-state index in [0.717, 1.165) is 16.5 Å². The molecule has 2 rings (SSSR count). The highest BCUT2D eigenvalue weighted by Crippen LogP contribution is 2.38. The summed E-state index contributed by atoms with van der Waals surface area (Å²) < 4.78 is 33.8. The summed E-state index contributed by atoms with van der Waals surface area (Å²) in [7, 11) is 6.66. The van der Waals surface area contributed by atoms with E-state index in [1.165, 1.54) is 14.0 Å². The Labute approximate surface area is 196 Å². The fourth-order valence-electron chi connectivity index (χ4n) is 2.92. The van der Waals surface area contributed by atoms with Gasteiger partial charge in [-0.3, -0.25) is 9.36 Å². The van der Waals surface area contributed by atoms with Crippen molar-refractivity contribution in [3.05, 3.63) is 35.9 Å². The number of nitrogens with zero attached hydrogens (tertiary/aromatic N) is 2. The molecular weight excluding hydrogens is 447 g/mol. The largest absolute Gasteiger partial charge is 0.756 e. The number of phosphoric ester groups is 1. The van der Waals surface area contributed by atoms with Gasteiger partial charge in [-0.1, -0.05) is 6.07 Å². The van der Waals surface area contributed by atoms with Crippen molar-refractivity contribution in [1.29, 1.82) is 0 Å². The van der Waals surface area contributed by atoms with Gasteiger partial charge in [0.25, 0.3) is 7.82 Å². The molecule has 184 valence electrons. The van der Waals surface area contributed by atoms with Crippen LogP contribution in [0.1, 0.15) is 17.3 Å². The molecule has 0 spiro atoms. The fourth-order valence-corrected chi connectivity index (χ4v) is 3.65. The normalized spacial score (nSPS) is 14.7. The Bertz CT molecular complexity index is 1000. The molecule has 2 aromatic rings. The number of methoxy groups -OCH3 is 1. The molecule has 10 heteroatoms. The van der Waals surface area contributed by atoms with Crippen LogP contribution in [0.5, 0.6) is 5.75 Å². The summed E-state index contributed by atoms with van der Waals surface area (Å²) >= 11 is 0. The number of hydrogen-bond donors (Lipinski definition) is 0. The molecule has 0 aliphatic heterocycles. The van der Waals surface area contributed by atoms with E-state index in [2.05, 4.69) is 0 Å². The monoisotopic (exact) mass is 482 g/mol. The van der Waals surface area contributed by atoms with Gasteiger partial charge in [-0.05, 0) is 36.6 Å². The third-order valence-corrected chi connectivity index (χ3v) is 5.98. The maximum Gasteiger partial charge on any atom is 0.268 e. The molecule has 0 amide bonds. The second-order valence-corrected chi connectivity index (χ2v) is 10.5. The predicted molar refractivity (Wildman–Crippen MR) is 127 cm³/mol. The lowest BCUT2D eigenvalue weighted by Gasteiger charge is -2.28. The Morgan fingerprint density at radius 2 is 1.82 bits per heavy atom. The highest BCUT2D eigenvalue weighted by atomic mass is 31.2. The molecular formula is C23H35N2O7P. The van der Waals surface area contributed by atoms with Crippen LogP contribution in [0.2, 0.25) is 0 Å². The third kappa shape index (κ3) is 8.70. The number of fused-ring (bicyclic) bond motifs is 1. The van der Waals surface area contributed by atoms with E-state index in [9.17, 15) is 14.3 Å². The number of anilines is 1. The summed E-state index contributed by atoms with van der Waals surface area (Å²) in [5.74, 6) is 0.427. The third-order valence-electron chi connectivity index (χ3n) is 5.01. The van der Waals surface area contributed by atoms with E-state index >= 15 is 0 Å². The molecule has 0 radical (unpaired) electrons. The van der Waals surface area contributed by atoms with Crippen molar-refractivity contribution in [2.24, 2.45) is 0 Å². The highest BCUT2D eigenvalue weighted by Gasteiger charge is 2.18. The molecule has 2 unspecified atom stereocenters. The smallest absolute Gasteiger partial charge is 0.268 e. The van der Waals surface area contributed by atoms with E-state index < -0.39 is 13.9 Å². The Morgan fingerprint density at radius 1 is 1.12 bits per heavy atom. The molecule has 9 nitrogen and oxygen atoms in total. The zero-order chi connectivity index (χ0) is 24.8. The molecule has 0 bridgehead atoms. The number of likely N-dealkylation sites (N-methyl/N-ethyl adjacent to an activating group) is 1. The molecule has 0 saturated carbocycles. The first-order chi connectivity index (χ1) is 15.3. The van der Waals surface area contributed by atoms with Gasteiger partial charge in [0.2, 0.25) is 0 Å². The Hall–Kier alpha value is -2.00.